The molecule has 1 amide bonds. The molecule has 0 aliphatic heterocycles. The van der Waals surface area contributed by atoms with Crippen molar-refractivity contribution < 1.29 is 13.2 Å². The number of hydrogen-bond acceptors (Lipinski definition) is 5. The topological polar surface area (TPSA) is 121 Å². The molecule has 1 aromatic heterocycles. The third-order valence-electron chi connectivity index (χ3n) is 3.53. The van der Waals surface area contributed by atoms with Gasteiger partial charge < -0.3 is 5.32 Å². The summed E-state index contributed by atoms with van der Waals surface area (Å²) in [6, 6.07) is 15.8. The van der Waals surface area contributed by atoms with Crippen molar-refractivity contribution in [1.82, 2.24) is 9.97 Å². The Morgan fingerprint density at radius 2 is 1.70 bits per heavy atom. The highest BCUT2D eigenvalue weighted by atomic mass is 32.2. The van der Waals surface area contributed by atoms with E-state index >= 15 is 0 Å². The Morgan fingerprint density at radius 3 is 2.33 bits per heavy atom. The summed E-state index contributed by atoms with van der Waals surface area (Å²) >= 11 is 0. The number of nitrogens with one attached hydrogen (secondary N) is 3. The lowest BCUT2D eigenvalue weighted by molar-refractivity contribution is -0.114. The van der Waals surface area contributed by atoms with E-state index < -0.39 is 15.6 Å². The van der Waals surface area contributed by atoms with E-state index in [4.69, 9.17) is 0 Å². The van der Waals surface area contributed by atoms with Gasteiger partial charge in [0.15, 0.2) is 0 Å². The van der Waals surface area contributed by atoms with Gasteiger partial charge in [-0.25, -0.2) is 18.1 Å². The fourth-order valence-electron chi connectivity index (χ4n) is 2.37. The van der Waals surface area contributed by atoms with Gasteiger partial charge in [0.1, 0.15) is 0 Å². The van der Waals surface area contributed by atoms with E-state index in [1.165, 1.54) is 37.3 Å². The van der Waals surface area contributed by atoms with Crippen LogP contribution in [0.4, 0.5) is 11.6 Å². The molecule has 138 valence electrons. The maximum absolute atomic E-state index is 12.5. The van der Waals surface area contributed by atoms with E-state index in [0.29, 0.717) is 16.9 Å². The van der Waals surface area contributed by atoms with Crippen molar-refractivity contribution in [2.75, 3.05) is 10.0 Å². The summed E-state index contributed by atoms with van der Waals surface area (Å²) in [5.41, 5.74) is 1.02. The number of rotatable bonds is 5. The predicted molar refractivity (Wildman–Crippen MR) is 102 cm³/mol. The van der Waals surface area contributed by atoms with Crippen molar-refractivity contribution in [3.8, 4) is 11.3 Å². The number of carbonyl (C=O) groups is 1. The Hall–Kier alpha value is -3.46. The molecule has 0 bridgehead atoms. The second-order valence-corrected chi connectivity index (χ2v) is 7.34. The Morgan fingerprint density at radius 1 is 1.04 bits per heavy atom. The zero-order valence-corrected chi connectivity index (χ0v) is 15.1. The maximum atomic E-state index is 12.5. The number of anilines is 2. The summed E-state index contributed by atoms with van der Waals surface area (Å²) in [6.45, 7) is 1.36. The first-order chi connectivity index (χ1) is 12.8. The molecule has 0 atom stereocenters. The van der Waals surface area contributed by atoms with Crippen LogP contribution in [0.5, 0.6) is 0 Å². The van der Waals surface area contributed by atoms with Crippen LogP contribution in [0.25, 0.3) is 11.3 Å². The summed E-state index contributed by atoms with van der Waals surface area (Å²) in [5, 5.41) is 2.55. The van der Waals surface area contributed by atoms with Crippen molar-refractivity contribution in [3.05, 3.63) is 71.0 Å². The second-order valence-electron chi connectivity index (χ2n) is 5.66. The second kappa shape index (κ2) is 7.42. The number of carbonyl (C=O) groups excluding carboxylic acids is 1. The Kier molecular flexibility index (Phi) is 5.04. The zero-order valence-electron chi connectivity index (χ0n) is 14.3. The fourth-order valence-corrected chi connectivity index (χ4v) is 3.33. The Labute approximate surface area is 155 Å². The molecule has 3 aromatic rings. The van der Waals surface area contributed by atoms with Gasteiger partial charge in [-0.2, -0.15) is 0 Å². The zero-order chi connectivity index (χ0) is 19.4. The van der Waals surface area contributed by atoms with Crippen LogP contribution in [0.1, 0.15) is 6.92 Å². The summed E-state index contributed by atoms with van der Waals surface area (Å²) in [7, 11) is -3.97. The van der Waals surface area contributed by atoms with Crippen molar-refractivity contribution in [1.29, 1.82) is 0 Å². The molecule has 0 saturated heterocycles. The molecule has 9 heteroatoms. The van der Waals surface area contributed by atoms with Crippen molar-refractivity contribution in [3.63, 3.8) is 0 Å². The molecule has 0 aliphatic rings. The van der Waals surface area contributed by atoms with Crippen LogP contribution in [0.15, 0.2) is 70.4 Å². The molecule has 0 unspecified atom stereocenters. The lowest BCUT2D eigenvalue weighted by Crippen LogP contribution is -2.19. The maximum Gasteiger partial charge on any atom is 0.264 e. The van der Waals surface area contributed by atoms with Gasteiger partial charge in [0.2, 0.25) is 11.9 Å². The summed E-state index contributed by atoms with van der Waals surface area (Å²) in [6.07, 6.45) is 0. The predicted octanol–water partition coefficient (Wildman–Crippen LogP) is 2.20. The van der Waals surface area contributed by atoms with E-state index in [1.54, 1.807) is 24.3 Å². The van der Waals surface area contributed by atoms with E-state index in [0.717, 1.165) is 0 Å². The van der Waals surface area contributed by atoms with Gasteiger partial charge in [-0.05, 0) is 24.3 Å². The van der Waals surface area contributed by atoms with Crippen LogP contribution < -0.4 is 15.6 Å². The highest BCUT2D eigenvalue weighted by Gasteiger charge is 2.16. The molecular formula is C18H16N4O4S. The number of sulfonamides is 1. The van der Waals surface area contributed by atoms with Crippen LogP contribution in [0, 0.1) is 0 Å². The monoisotopic (exact) mass is 384 g/mol. The van der Waals surface area contributed by atoms with Gasteiger partial charge in [-0.3, -0.25) is 14.6 Å². The van der Waals surface area contributed by atoms with Crippen molar-refractivity contribution >= 4 is 27.6 Å². The van der Waals surface area contributed by atoms with Crippen molar-refractivity contribution in [2.45, 2.75) is 11.8 Å². The van der Waals surface area contributed by atoms with Gasteiger partial charge >= 0.3 is 0 Å². The van der Waals surface area contributed by atoms with Gasteiger partial charge in [0, 0.05) is 24.2 Å². The largest absolute Gasteiger partial charge is 0.326 e. The first kappa shape index (κ1) is 18.3. The minimum Gasteiger partial charge on any atom is -0.326 e. The lowest BCUT2D eigenvalue weighted by atomic mass is 10.1. The molecule has 0 radical (unpaired) electrons. The first-order valence-electron chi connectivity index (χ1n) is 7.91. The molecule has 0 spiro atoms. The first-order valence-corrected chi connectivity index (χ1v) is 9.39. The molecule has 2 aromatic carbocycles. The minimum atomic E-state index is -3.97. The standard InChI is InChI=1S/C18H16N4O4S/c1-12(23)19-14-7-9-15(10-8-14)27(25,26)22-18-20-16(11-17(24)21-18)13-5-3-2-4-6-13/h2-11H,1H3,(H,19,23)(H2,20,21,22,24). The Bertz CT molecular complexity index is 1120. The summed E-state index contributed by atoms with van der Waals surface area (Å²) in [5.74, 6) is -0.449. The number of hydrogen-bond donors (Lipinski definition) is 3. The third-order valence-corrected chi connectivity index (χ3v) is 4.88. The van der Waals surface area contributed by atoms with Gasteiger partial charge in [0.05, 0.1) is 10.6 Å². The average molecular weight is 384 g/mol. The van der Waals surface area contributed by atoms with Gasteiger partial charge in [-0.15, -0.1) is 0 Å². The highest BCUT2D eigenvalue weighted by Crippen LogP contribution is 2.19. The average Bonchev–Trinajstić information content (AvgIpc) is 2.61. The number of nitrogens with zero attached hydrogens (tertiary/aromatic N) is 1. The number of aromatic nitrogens is 2. The quantitative estimate of drug-likeness (QED) is 0.623. The Balaban J connectivity index is 1.89. The smallest absolute Gasteiger partial charge is 0.264 e. The van der Waals surface area contributed by atoms with E-state index in [2.05, 4.69) is 20.0 Å². The van der Waals surface area contributed by atoms with Crippen molar-refractivity contribution in [2.24, 2.45) is 0 Å². The number of amides is 1. The van der Waals surface area contributed by atoms with Crippen LogP contribution in [0.2, 0.25) is 0 Å². The molecule has 0 saturated carbocycles. The molecule has 3 rings (SSSR count). The summed E-state index contributed by atoms with van der Waals surface area (Å²) < 4.78 is 27.3. The SMILES string of the molecule is CC(=O)Nc1ccc(S(=O)(=O)Nc2nc(-c3ccccc3)cc(=O)[nH]2)cc1. The molecule has 0 aliphatic carbocycles. The fraction of sp³-hybridized carbons (Fsp3) is 0.0556. The van der Waals surface area contributed by atoms with E-state index in [9.17, 15) is 18.0 Å². The number of H-pyrrole nitrogens is 1. The van der Waals surface area contributed by atoms with Crippen LogP contribution in [-0.2, 0) is 14.8 Å². The normalized spacial score (nSPS) is 11.0. The molecule has 8 nitrogen and oxygen atoms in total. The van der Waals surface area contributed by atoms with Gasteiger partial charge in [0.25, 0.3) is 15.6 Å². The molecule has 0 fully saturated rings. The summed E-state index contributed by atoms with van der Waals surface area (Å²) in [4.78, 5) is 29.4. The van der Waals surface area contributed by atoms with E-state index in [1.807, 2.05) is 6.07 Å². The lowest BCUT2D eigenvalue weighted by Gasteiger charge is -2.09. The van der Waals surface area contributed by atoms with Gasteiger partial charge in [-0.1, -0.05) is 30.3 Å². The van der Waals surface area contributed by atoms with Crippen LogP contribution >= 0.6 is 0 Å². The third kappa shape index (κ3) is 4.59. The van der Waals surface area contributed by atoms with Crippen LogP contribution in [-0.4, -0.2) is 24.3 Å². The highest BCUT2D eigenvalue weighted by molar-refractivity contribution is 7.92. The van der Waals surface area contributed by atoms with Crippen LogP contribution in [0.3, 0.4) is 0 Å². The number of benzene rings is 2. The minimum absolute atomic E-state index is 0.0376. The molecule has 1 heterocycles. The number of aromatic amines is 1. The van der Waals surface area contributed by atoms with E-state index in [-0.39, 0.29) is 16.8 Å². The molecule has 27 heavy (non-hydrogen) atoms. The molecular weight excluding hydrogens is 368 g/mol. The molecule has 3 N–H and O–H groups in total.